The fourth-order valence-electron chi connectivity index (χ4n) is 1.62. The van der Waals surface area contributed by atoms with Crippen molar-refractivity contribution >= 4 is 16.8 Å². The normalized spacial score (nSPS) is 13.0. The summed E-state index contributed by atoms with van der Waals surface area (Å²) in [6.07, 6.45) is 0.0114. The van der Waals surface area contributed by atoms with Gasteiger partial charge in [-0.2, -0.15) is 0 Å². The standard InChI is InChI=1S/C13H18N2O3/c1-3-16-7-9(2)17-8-12-15-13-10(14)5-4-6-11(13)18-12/h4-6,9H,3,7-8,14H2,1-2H3. The fourth-order valence-corrected chi connectivity index (χ4v) is 1.62. The molecule has 2 N–H and O–H groups in total. The Morgan fingerprint density at radius 1 is 1.44 bits per heavy atom. The summed E-state index contributed by atoms with van der Waals surface area (Å²) in [5, 5.41) is 0. The Kier molecular flexibility index (Phi) is 4.17. The Bertz CT molecular complexity index is 510. The Morgan fingerprint density at radius 2 is 2.28 bits per heavy atom. The number of para-hydroxylation sites is 1. The van der Waals surface area contributed by atoms with E-state index in [1.807, 2.05) is 26.0 Å². The minimum atomic E-state index is 0.0114. The highest BCUT2D eigenvalue weighted by atomic mass is 16.5. The molecular weight excluding hydrogens is 232 g/mol. The molecule has 0 amide bonds. The van der Waals surface area contributed by atoms with Gasteiger partial charge in [-0.25, -0.2) is 4.98 Å². The molecule has 98 valence electrons. The molecule has 0 aliphatic rings. The number of aromatic nitrogens is 1. The van der Waals surface area contributed by atoms with Crippen LogP contribution in [-0.2, 0) is 16.1 Å². The van der Waals surface area contributed by atoms with E-state index >= 15 is 0 Å². The number of benzene rings is 1. The Balaban J connectivity index is 1.98. The molecule has 5 nitrogen and oxygen atoms in total. The molecule has 0 saturated heterocycles. The van der Waals surface area contributed by atoms with Crippen LogP contribution in [0, 0.1) is 0 Å². The zero-order valence-corrected chi connectivity index (χ0v) is 10.7. The van der Waals surface area contributed by atoms with Crippen LogP contribution in [-0.4, -0.2) is 24.3 Å². The van der Waals surface area contributed by atoms with Crippen LogP contribution in [0.25, 0.3) is 11.1 Å². The molecule has 0 spiro atoms. The van der Waals surface area contributed by atoms with Gasteiger partial charge in [0.1, 0.15) is 12.1 Å². The largest absolute Gasteiger partial charge is 0.438 e. The smallest absolute Gasteiger partial charge is 0.221 e. The van der Waals surface area contributed by atoms with E-state index in [1.165, 1.54) is 0 Å². The molecule has 5 heteroatoms. The first kappa shape index (κ1) is 12.9. The molecule has 1 unspecified atom stereocenters. The Hall–Kier alpha value is -1.59. The number of hydrogen-bond donors (Lipinski definition) is 1. The average molecular weight is 250 g/mol. The van der Waals surface area contributed by atoms with E-state index in [1.54, 1.807) is 6.07 Å². The molecule has 0 bridgehead atoms. The van der Waals surface area contributed by atoms with Gasteiger partial charge in [0.2, 0.25) is 5.89 Å². The molecule has 2 aromatic rings. The zero-order chi connectivity index (χ0) is 13.0. The Labute approximate surface area is 106 Å². The third-order valence-corrected chi connectivity index (χ3v) is 2.54. The number of oxazole rings is 1. The minimum Gasteiger partial charge on any atom is -0.438 e. The van der Waals surface area contributed by atoms with Crippen molar-refractivity contribution in [3.05, 3.63) is 24.1 Å². The average Bonchev–Trinajstić information content (AvgIpc) is 2.78. The van der Waals surface area contributed by atoms with E-state index in [9.17, 15) is 0 Å². The summed E-state index contributed by atoms with van der Waals surface area (Å²) in [5.41, 5.74) is 7.80. The summed E-state index contributed by atoms with van der Waals surface area (Å²) >= 11 is 0. The van der Waals surface area contributed by atoms with Crippen molar-refractivity contribution in [1.82, 2.24) is 4.98 Å². The molecule has 1 heterocycles. The highest BCUT2D eigenvalue weighted by Crippen LogP contribution is 2.21. The zero-order valence-electron chi connectivity index (χ0n) is 10.7. The molecule has 1 atom stereocenters. The van der Waals surface area contributed by atoms with E-state index in [0.717, 1.165) is 0 Å². The topological polar surface area (TPSA) is 70.5 Å². The SMILES string of the molecule is CCOCC(C)OCc1nc2c(N)cccc2o1. The summed E-state index contributed by atoms with van der Waals surface area (Å²) in [5.74, 6) is 0.534. The predicted molar refractivity (Wildman–Crippen MR) is 69.2 cm³/mol. The van der Waals surface area contributed by atoms with Crippen LogP contribution >= 0.6 is 0 Å². The summed E-state index contributed by atoms with van der Waals surface area (Å²) < 4.78 is 16.4. The van der Waals surface area contributed by atoms with E-state index in [2.05, 4.69) is 4.98 Å². The van der Waals surface area contributed by atoms with Crippen molar-refractivity contribution in [2.75, 3.05) is 18.9 Å². The molecule has 0 aliphatic carbocycles. The van der Waals surface area contributed by atoms with Crippen molar-refractivity contribution in [1.29, 1.82) is 0 Å². The maximum absolute atomic E-state index is 5.81. The van der Waals surface area contributed by atoms with Gasteiger partial charge in [0.15, 0.2) is 5.58 Å². The van der Waals surface area contributed by atoms with Crippen LogP contribution in [0.3, 0.4) is 0 Å². The van der Waals surface area contributed by atoms with Gasteiger partial charge >= 0.3 is 0 Å². The summed E-state index contributed by atoms with van der Waals surface area (Å²) in [4.78, 5) is 4.31. The first-order valence-electron chi connectivity index (χ1n) is 6.04. The number of rotatable bonds is 6. The maximum atomic E-state index is 5.81. The number of hydrogen-bond acceptors (Lipinski definition) is 5. The third-order valence-electron chi connectivity index (χ3n) is 2.54. The predicted octanol–water partition coefficient (Wildman–Crippen LogP) is 2.35. The quantitative estimate of drug-likeness (QED) is 0.797. The second kappa shape index (κ2) is 5.84. The molecule has 1 aromatic heterocycles. The van der Waals surface area contributed by atoms with E-state index in [4.69, 9.17) is 19.6 Å². The van der Waals surface area contributed by atoms with Crippen molar-refractivity contribution in [3.8, 4) is 0 Å². The lowest BCUT2D eigenvalue weighted by molar-refractivity contribution is -0.0181. The molecule has 0 radical (unpaired) electrons. The lowest BCUT2D eigenvalue weighted by Gasteiger charge is -2.10. The summed E-state index contributed by atoms with van der Waals surface area (Å²) in [6.45, 7) is 5.48. The highest BCUT2D eigenvalue weighted by Gasteiger charge is 2.10. The van der Waals surface area contributed by atoms with Crippen LogP contribution in [0.2, 0.25) is 0 Å². The molecule has 0 saturated carbocycles. The molecule has 2 rings (SSSR count). The number of fused-ring (bicyclic) bond motifs is 1. The lowest BCUT2D eigenvalue weighted by Crippen LogP contribution is -2.15. The minimum absolute atomic E-state index is 0.0114. The van der Waals surface area contributed by atoms with Gasteiger partial charge in [0.25, 0.3) is 0 Å². The van der Waals surface area contributed by atoms with Crippen LogP contribution in [0.15, 0.2) is 22.6 Å². The second-order valence-corrected chi connectivity index (χ2v) is 4.08. The van der Waals surface area contributed by atoms with Crippen LogP contribution < -0.4 is 5.73 Å². The van der Waals surface area contributed by atoms with Gasteiger partial charge in [0, 0.05) is 6.61 Å². The van der Waals surface area contributed by atoms with Crippen molar-refractivity contribution in [2.24, 2.45) is 0 Å². The number of nitrogens with zero attached hydrogens (tertiary/aromatic N) is 1. The first-order valence-corrected chi connectivity index (χ1v) is 6.04. The Morgan fingerprint density at radius 3 is 3.00 bits per heavy atom. The van der Waals surface area contributed by atoms with E-state index in [-0.39, 0.29) is 6.10 Å². The van der Waals surface area contributed by atoms with Crippen LogP contribution in [0.4, 0.5) is 5.69 Å². The number of nitrogens with two attached hydrogens (primary N) is 1. The summed E-state index contributed by atoms with van der Waals surface area (Å²) in [6, 6.07) is 5.48. The number of anilines is 1. The third kappa shape index (κ3) is 3.00. The number of ether oxygens (including phenoxy) is 2. The van der Waals surface area contributed by atoms with Gasteiger partial charge in [-0.1, -0.05) is 6.07 Å². The molecule has 18 heavy (non-hydrogen) atoms. The maximum Gasteiger partial charge on any atom is 0.221 e. The molecular formula is C13H18N2O3. The van der Waals surface area contributed by atoms with Crippen molar-refractivity contribution in [2.45, 2.75) is 26.6 Å². The molecule has 0 fully saturated rings. The number of nitrogen functional groups attached to an aromatic ring is 1. The van der Waals surface area contributed by atoms with Gasteiger partial charge in [-0.15, -0.1) is 0 Å². The summed E-state index contributed by atoms with van der Waals surface area (Å²) in [7, 11) is 0. The fraction of sp³-hybridized carbons (Fsp3) is 0.462. The van der Waals surface area contributed by atoms with Crippen LogP contribution in [0.5, 0.6) is 0 Å². The van der Waals surface area contributed by atoms with E-state index < -0.39 is 0 Å². The monoisotopic (exact) mass is 250 g/mol. The van der Waals surface area contributed by atoms with Gasteiger partial charge < -0.3 is 19.6 Å². The second-order valence-electron chi connectivity index (χ2n) is 4.08. The van der Waals surface area contributed by atoms with Gasteiger partial charge in [0.05, 0.1) is 18.4 Å². The molecule has 0 aliphatic heterocycles. The highest BCUT2D eigenvalue weighted by molar-refractivity contribution is 5.85. The molecule has 1 aromatic carbocycles. The van der Waals surface area contributed by atoms with Gasteiger partial charge in [-0.05, 0) is 26.0 Å². The van der Waals surface area contributed by atoms with Crippen LogP contribution in [0.1, 0.15) is 19.7 Å². The lowest BCUT2D eigenvalue weighted by atomic mass is 10.3. The van der Waals surface area contributed by atoms with E-state index in [0.29, 0.717) is 42.5 Å². The van der Waals surface area contributed by atoms with Crippen molar-refractivity contribution in [3.63, 3.8) is 0 Å². The first-order chi connectivity index (χ1) is 8.70. The van der Waals surface area contributed by atoms with Crippen molar-refractivity contribution < 1.29 is 13.9 Å². The van der Waals surface area contributed by atoms with Gasteiger partial charge in [-0.3, -0.25) is 0 Å².